The van der Waals surface area contributed by atoms with Gasteiger partial charge < -0.3 is 5.73 Å². The Bertz CT molecular complexity index is 470. The van der Waals surface area contributed by atoms with Gasteiger partial charge in [0, 0.05) is 22.4 Å². The summed E-state index contributed by atoms with van der Waals surface area (Å²) >= 11 is 7.61. The van der Waals surface area contributed by atoms with Crippen molar-refractivity contribution in [2.45, 2.75) is 12.5 Å². The van der Waals surface area contributed by atoms with Crippen molar-refractivity contribution in [1.29, 1.82) is 0 Å². The number of nitrogens with two attached hydrogens (primary N) is 1. The van der Waals surface area contributed by atoms with Crippen molar-refractivity contribution in [1.82, 2.24) is 0 Å². The molecule has 0 aliphatic carbocycles. The van der Waals surface area contributed by atoms with Gasteiger partial charge in [-0.1, -0.05) is 23.7 Å². The van der Waals surface area contributed by atoms with Crippen molar-refractivity contribution < 1.29 is 4.39 Å². The fraction of sp³-hybridized carbons (Fsp3) is 0.167. The van der Waals surface area contributed by atoms with Gasteiger partial charge in [0.25, 0.3) is 0 Å². The molecule has 0 saturated heterocycles. The molecule has 0 aliphatic heterocycles. The van der Waals surface area contributed by atoms with Crippen LogP contribution in [0.15, 0.2) is 35.7 Å². The topological polar surface area (TPSA) is 26.0 Å². The highest BCUT2D eigenvalue weighted by Gasteiger charge is 2.12. The highest BCUT2D eigenvalue weighted by Crippen LogP contribution is 2.26. The first kappa shape index (κ1) is 11.6. The fourth-order valence-electron chi connectivity index (χ4n) is 1.56. The minimum absolute atomic E-state index is 0.188. The fourth-order valence-corrected chi connectivity index (χ4v) is 2.63. The lowest BCUT2D eigenvalue weighted by atomic mass is 10.0. The summed E-state index contributed by atoms with van der Waals surface area (Å²) < 4.78 is 12.9. The van der Waals surface area contributed by atoms with Crippen molar-refractivity contribution in [3.63, 3.8) is 0 Å². The minimum Gasteiger partial charge on any atom is -0.324 e. The van der Waals surface area contributed by atoms with Crippen LogP contribution in [0.1, 0.15) is 16.5 Å². The van der Waals surface area contributed by atoms with Crippen molar-refractivity contribution in [2.24, 2.45) is 5.73 Å². The average Bonchev–Trinajstić information content (AvgIpc) is 2.70. The molecule has 4 heteroatoms. The number of halogens is 2. The summed E-state index contributed by atoms with van der Waals surface area (Å²) in [6, 6.07) is 8.16. The molecule has 0 amide bonds. The summed E-state index contributed by atoms with van der Waals surface area (Å²) in [6.07, 6.45) is 0.725. The molecule has 0 aliphatic rings. The molecule has 1 aromatic heterocycles. The molecular weight excluding hydrogens is 245 g/mol. The molecular formula is C12H11ClFNS. The second kappa shape index (κ2) is 4.95. The lowest BCUT2D eigenvalue weighted by molar-refractivity contribution is 0.624. The second-order valence-corrected chi connectivity index (χ2v) is 5.00. The van der Waals surface area contributed by atoms with Crippen LogP contribution in [0.2, 0.25) is 5.02 Å². The van der Waals surface area contributed by atoms with Crippen molar-refractivity contribution in [3.8, 4) is 0 Å². The molecule has 0 spiro atoms. The normalized spacial score (nSPS) is 12.7. The molecule has 1 atom stereocenters. The molecule has 0 fully saturated rings. The van der Waals surface area contributed by atoms with E-state index in [1.165, 1.54) is 17.0 Å². The highest BCUT2D eigenvalue weighted by molar-refractivity contribution is 7.09. The summed E-state index contributed by atoms with van der Waals surface area (Å²) in [5.41, 5.74) is 6.83. The Morgan fingerprint density at radius 2 is 2.19 bits per heavy atom. The SMILES string of the molecule is NC(Cc1cccs1)c1ccc(F)cc1Cl. The number of rotatable bonds is 3. The third kappa shape index (κ3) is 2.61. The van der Waals surface area contributed by atoms with Crippen LogP contribution in [-0.4, -0.2) is 0 Å². The van der Waals surface area contributed by atoms with E-state index in [-0.39, 0.29) is 11.9 Å². The summed E-state index contributed by atoms with van der Waals surface area (Å²) in [5.74, 6) is -0.336. The monoisotopic (exact) mass is 255 g/mol. The maximum Gasteiger partial charge on any atom is 0.124 e. The summed E-state index contributed by atoms with van der Waals surface area (Å²) in [7, 11) is 0. The molecule has 0 saturated carbocycles. The van der Waals surface area contributed by atoms with Gasteiger partial charge in [0.05, 0.1) is 0 Å². The molecule has 2 aromatic rings. The van der Waals surface area contributed by atoms with E-state index in [2.05, 4.69) is 0 Å². The lowest BCUT2D eigenvalue weighted by Gasteiger charge is -2.12. The zero-order valence-electron chi connectivity index (χ0n) is 8.49. The van der Waals surface area contributed by atoms with E-state index in [4.69, 9.17) is 17.3 Å². The predicted molar refractivity (Wildman–Crippen MR) is 66.4 cm³/mol. The van der Waals surface area contributed by atoms with Crippen molar-refractivity contribution in [3.05, 3.63) is 57.0 Å². The van der Waals surface area contributed by atoms with E-state index in [1.807, 2.05) is 17.5 Å². The maximum atomic E-state index is 12.9. The van der Waals surface area contributed by atoms with Crippen LogP contribution in [0.3, 0.4) is 0 Å². The number of hydrogen-bond donors (Lipinski definition) is 1. The van der Waals surface area contributed by atoms with Crippen LogP contribution in [0.5, 0.6) is 0 Å². The molecule has 2 rings (SSSR count). The Balaban J connectivity index is 2.17. The minimum atomic E-state index is -0.336. The van der Waals surface area contributed by atoms with Gasteiger partial charge in [-0.3, -0.25) is 0 Å². The van der Waals surface area contributed by atoms with Crippen LogP contribution < -0.4 is 5.73 Å². The number of thiophene rings is 1. The van der Waals surface area contributed by atoms with Gasteiger partial charge in [0.2, 0.25) is 0 Å². The first-order chi connectivity index (χ1) is 7.66. The van der Waals surface area contributed by atoms with Gasteiger partial charge >= 0.3 is 0 Å². The van der Waals surface area contributed by atoms with Gasteiger partial charge in [0.15, 0.2) is 0 Å². The molecule has 1 heterocycles. The molecule has 0 radical (unpaired) electrons. The Morgan fingerprint density at radius 3 is 2.81 bits per heavy atom. The van der Waals surface area contributed by atoms with E-state index in [1.54, 1.807) is 17.4 Å². The third-order valence-electron chi connectivity index (χ3n) is 2.36. The van der Waals surface area contributed by atoms with E-state index in [0.29, 0.717) is 5.02 Å². The molecule has 1 nitrogen and oxygen atoms in total. The number of benzene rings is 1. The zero-order chi connectivity index (χ0) is 11.5. The average molecular weight is 256 g/mol. The maximum absolute atomic E-state index is 12.9. The summed E-state index contributed by atoms with van der Waals surface area (Å²) in [4.78, 5) is 1.20. The van der Waals surface area contributed by atoms with E-state index < -0.39 is 0 Å². The van der Waals surface area contributed by atoms with E-state index >= 15 is 0 Å². The quantitative estimate of drug-likeness (QED) is 0.887. The molecule has 16 heavy (non-hydrogen) atoms. The van der Waals surface area contributed by atoms with Crippen LogP contribution in [0.25, 0.3) is 0 Å². The van der Waals surface area contributed by atoms with Crippen LogP contribution in [-0.2, 0) is 6.42 Å². The zero-order valence-corrected chi connectivity index (χ0v) is 10.1. The Morgan fingerprint density at radius 1 is 1.38 bits per heavy atom. The molecule has 2 N–H and O–H groups in total. The third-order valence-corrected chi connectivity index (χ3v) is 3.59. The Hall–Kier alpha value is -0.900. The summed E-state index contributed by atoms with van der Waals surface area (Å²) in [6.45, 7) is 0. The lowest BCUT2D eigenvalue weighted by Crippen LogP contribution is -2.13. The smallest absolute Gasteiger partial charge is 0.124 e. The second-order valence-electron chi connectivity index (χ2n) is 3.56. The Labute approximate surface area is 103 Å². The first-order valence-corrected chi connectivity index (χ1v) is 6.15. The highest BCUT2D eigenvalue weighted by atomic mass is 35.5. The Kier molecular flexibility index (Phi) is 3.59. The van der Waals surface area contributed by atoms with Crippen molar-refractivity contribution in [2.75, 3.05) is 0 Å². The number of hydrogen-bond acceptors (Lipinski definition) is 2. The molecule has 1 aromatic carbocycles. The predicted octanol–water partition coefficient (Wildman–Crippen LogP) is 3.78. The van der Waals surface area contributed by atoms with E-state index in [0.717, 1.165) is 12.0 Å². The van der Waals surface area contributed by atoms with Crippen molar-refractivity contribution >= 4 is 22.9 Å². The van der Waals surface area contributed by atoms with Gasteiger partial charge in [-0.15, -0.1) is 11.3 Å². The van der Waals surface area contributed by atoms with Gasteiger partial charge in [0.1, 0.15) is 5.82 Å². The van der Waals surface area contributed by atoms with Crippen LogP contribution >= 0.6 is 22.9 Å². The van der Waals surface area contributed by atoms with Gasteiger partial charge in [-0.25, -0.2) is 4.39 Å². The van der Waals surface area contributed by atoms with Gasteiger partial charge in [-0.2, -0.15) is 0 Å². The van der Waals surface area contributed by atoms with Gasteiger partial charge in [-0.05, 0) is 29.1 Å². The molecule has 1 unspecified atom stereocenters. The molecule has 0 bridgehead atoms. The molecule has 84 valence electrons. The first-order valence-electron chi connectivity index (χ1n) is 4.89. The van der Waals surface area contributed by atoms with Crippen LogP contribution in [0.4, 0.5) is 4.39 Å². The van der Waals surface area contributed by atoms with Crippen LogP contribution in [0, 0.1) is 5.82 Å². The standard InChI is InChI=1S/C12H11ClFNS/c13-11-6-8(14)3-4-10(11)12(15)7-9-2-1-5-16-9/h1-6,12H,7,15H2. The van der Waals surface area contributed by atoms with E-state index in [9.17, 15) is 4.39 Å². The largest absolute Gasteiger partial charge is 0.324 e. The summed E-state index contributed by atoms with van der Waals surface area (Å²) in [5, 5.41) is 2.40.